The van der Waals surface area contributed by atoms with Crippen LogP contribution in [0.1, 0.15) is 91.4 Å². The van der Waals surface area contributed by atoms with Crippen LogP contribution in [-0.2, 0) is 33.3 Å². The highest BCUT2D eigenvalue weighted by Crippen LogP contribution is 2.44. The predicted molar refractivity (Wildman–Crippen MR) is 234 cm³/mol. The average Bonchev–Trinajstić information content (AvgIpc) is 3.46. The molecule has 1 aliphatic rings. The van der Waals surface area contributed by atoms with E-state index in [1.54, 1.807) is 64.6 Å². The third kappa shape index (κ3) is 13.2. The van der Waals surface area contributed by atoms with Gasteiger partial charge in [-0.05, 0) is 78.5 Å². The molecule has 350 valence electrons. The Hall–Kier alpha value is -6.21. The molecule has 65 heavy (non-hydrogen) atoms. The Labute approximate surface area is 379 Å². The molecule has 0 spiro atoms. The van der Waals surface area contributed by atoms with Crippen molar-refractivity contribution in [3.8, 4) is 11.3 Å². The molecule has 5 rings (SSSR count). The topological polar surface area (TPSA) is 207 Å². The zero-order valence-corrected chi connectivity index (χ0v) is 38.1. The lowest BCUT2D eigenvalue weighted by molar-refractivity contribution is -0.177. The molecule has 17 nitrogen and oxygen atoms in total. The second kappa shape index (κ2) is 20.7. The monoisotopic (exact) mass is 926 g/mol. The number of carbonyl (C=O) groups is 5. The number of ether oxygens (including phenoxy) is 5. The second-order valence-electron chi connectivity index (χ2n) is 17.2. The minimum atomic E-state index is -4.13. The average molecular weight is 927 g/mol. The van der Waals surface area contributed by atoms with E-state index < -0.39 is 84.8 Å². The lowest BCUT2D eigenvalue weighted by atomic mass is 10.0. The van der Waals surface area contributed by atoms with Gasteiger partial charge in [0.2, 0.25) is 12.1 Å². The van der Waals surface area contributed by atoms with E-state index >= 15 is 8.78 Å². The molecule has 3 amide bonds. The van der Waals surface area contributed by atoms with Gasteiger partial charge in [0.15, 0.2) is 6.10 Å². The van der Waals surface area contributed by atoms with Gasteiger partial charge in [-0.15, -0.1) is 0 Å². The smallest absolute Gasteiger partial charge is 0.453 e. The number of amides is 3. The minimum Gasteiger partial charge on any atom is -0.453 e. The Morgan fingerprint density at radius 3 is 2.29 bits per heavy atom. The van der Waals surface area contributed by atoms with Crippen LogP contribution in [-0.4, -0.2) is 105 Å². The van der Waals surface area contributed by atoms with E-state index in [9.17, 15) is 28.8 Å². The number of alkyl halides is 2. The summed E-state index contributed by atoms with van der Waals surface area (Å²) in [5.74, 6) is -6.70. The fourth-order valence-electron chi connectivity index (χ4n) is 6.62. The zero-order chi connectivity index (χ0) is 47.9. The molecular formula is C45H53ClF2N6O11. The highest BCUT2D eigenvalue weighted by molar-refractivity contribution is 6.33. The van der Waals surface area contributed by atoms with E-state index in [4.69, 9.17) is 40.3 Å². The van der Waals surface area contributed by atoms with Crippen molar-refractivity contribution in [2.45, 2.75) is 116 Å². The number of fused-ring (bicyclic) bond motifs is 1. The van der Waals surface area contributed by atoms with Crippen LogP contribution in [0, 0.1) is 0 Å². The Morgan fingerprint density at radius 2 is 1.63 bits per heavy atom. The molecule has 0 radical (unpaired) electrons. The number of hydrogen-bond acceptors (Lipinski definition) is 13. The van der Waals surface area contributed by atoms with Crippen LogP contribution in [0.5, 0.6) is 0 Å². The molecule has 3 heterocycles. The van der Waals surface area contributed by atoms with Gasteiger partial charge < -0.3 is 33.9 Å². The van der Waals surface area contributed by atoms with Crippen LogP contribution in [0.2, 0.25) is 5.02 Å². The van der Waals surface area contributed by atoms with Gasteiger partial charge in [-0.3, -0.25) is 24.3 Å². The Balaban J connectivity index is 1.24. The number of rotatable bonds is 15. The Bertz CT molecular complexity index is 2460. The van der Waals surface area contributed by atoms with Gasteiger partial charge in [0, 0.05) is 47.7 Å². The number of nitrogens with zero attached hydrogens (tertiary/aromatic N) is 4. The molecule has 20 heteroatoms. The standard InChI is InChI=1S/C45H53ClF2N6O11/c1-9-26(2)53(38(57)31-24-27-14-10-11-15-28(27)36(50-31)29-16-12-13-17-30(29)46)23-21-49-34(55)18-19-35(56)63-37-32(25-61-42(60)65-44(6,7)8)62-39(45(37,47)48)54-22-20-33(51-40(54)58)52-41(59)64-43(3,4)5/h10-17,20,22,24,26,32,37,39H,9,18-19,21,23,25H2,1-8H3,(H,49,55)(H,51,52,58,59)/t26?,32-,37-,39-/m1/s1. The predicted octanol–water partition coefficient (Wildman–Crippen LogP) is 7.69. The maximum absolute atomic E-state index is 16.2. The molecule has 0 saturated carbocycles. The van der Waals surface area contributed by atoms with E-state index in [1.165, 1.54) is 0 Å². The van der Waals surface area contributed by atoms with Crippen LogP contribution in [0.25, 0.3) is 22.0 Å². The molecule has 1 unspecified atom stereocenters. The highest BCUT2D eigenvalue weighted by atomic mass is 35.5. The van der Waals surface area contributed by atoms with Crippen molar-refractivity contribution in [2.24, 2.45) is 0 Å². The van der Waals surface area contributed by atoms with Crippen molar-refractivity contribution < 1.29 is 56.4 Å². The number of aromatic nitrogens is 3. The number of anilines is 1. The molecule has 2 aromatic heterocycles. The number of hydrogen-bond donors (Lipinski definition) is 2. The summed E-state index contributed by atoms with van der Waals surface area (Å²) < 4.78 is 58.7. The molecule has 2 N–H and O–H groups in total. The van der Waals surface area contributed by atoms with Gasteiger partial charge in [0.25, 0.3) is 5.91 Å². The van der Waals surface area contributed by atoms with Crippen molar-refractivity contribution in [3.05, 3.63) is 88.1 Å². The van der Waals surface area contributed by atoms with Crippen molar-refractivity contribution in [2.75, 3.05) is 25.0 Å². The van der Waals surface area contributed by atoms with Crippen LogP contribution in [0.3, 0.4) is 0 Å². The molecule has 1 aliphatic heterocycles. The van der Waals surface area contributed by atoms with E-state index in [2.05, 4.69) is 15.6 Å². The maximum atomic E-state index is 16.2. The number of esters is 1. The summed E-state index contributed by atoms with van der Waals surface area (Å²) in [6.45, 7) is 12.4. The summed E-state index contributed by atoms with van der Waals surface area (Å²) in [5, 5.41) is 6.94. The number of benzene rings is 2. The summed E-state index contributed by atoms with van der Waals surface area (Å²) in [6.07, 6.45) is -8.53. The fraction of sp³-hybridized carbons (Fsp3) is 0.467. The lowest BCUT2D eigenvalue weighted by Crippen LogP contribution is -2.45. The van der Waals surface area contributed by atoms with Gasteiger partial charge in [0.1, 0.15) is 35.4 Å². The molecule has 2 aromatic carbocycles. The lowest BCUT2D eigenvalue weighted by Gasteiger charge is -2.29. The van der Waals surface area contributed by atoms with Crippen molar-refractivity contribution in [1.29, 1.82) is 0 Å². The van der Waals surface area contributed by atoms with Crippen molar-refractivity contribution in [3.63, 3.8) is 0 Å². The van der Waals surface area contributed by atoms with Crippen molar-refractivity contribution >= 4 is 58.2 Å². The first-order valence-corrected chi connectivity index (χ1v) is 21.2. The largest absolute Gasteiger partial charge is 0.508 e. The van der Waals surface area contributed by atoms with E-state index in [1.807, 2.05) is 50.2 Å². The Morgan fingerprint density at radius 1 is 0.954 bits per heavy atom. The summed E-state index contributed by atoms with van der Waals surface area (Å²) in [6, 6.07) is 17.1. The third-order valence-corrected chi connectivity index (χ3v) is 10.1. The molecule has 1 fully saturated rings. The van der Waals surface area contributed by atoms with Crippen LogP contribution in [0.15, 0.2) is 71.7 Å². The summed E-state index contributed by atoms with van der Waals surface area (Å²) in [5.41, 5.74) is -1.80. The first-order chi connectivity index (χ1) is 30.5. The molecular weight excluding hydrogens is 874 g/mol. The number of carbonyl (C=O) groups excluding carboxylic acids is 5. The quantitative estimate of drug-likeness (QED) is 0.0867. The van der Waals surface area contributed by atoms with E-state index in [0.717, 1.165) is 23.0 Å². The maximum Gasteiger partial charge on any atom is 0.508 e. The summed E-state index contributed by atoms with van der Waals surface area (Å²) in [7, 11) is 0. The van der Waals surface area contributed by atoms with Gasteiger partial charge in [-0.2, -0.15) is 13.8 Å². The van der Waals surface area contributed by atoms with Gasteiger partial charge >= 0.3 is 29.8 Å². The zero-order valence-electron chi connectivity index (χ0n) is 37.3. The number of pyridine rings is 1. The van der Waals surface area contributed by atoms with Crippen molar-refractivity contribution in [1.82, 2.24) is 24.8 Å². The fourth-order valence-corrected chi connectivity index (χ4v) is 6.85. The highest BCUT2D eigenvalue weighted by Gasteiger charge is 2.63. The van der Waals surface area contributed by atoms with Gasteiger partial charge in [-0.25, -0.2) is 19.4 Å². The van der Waals surface area contributed by atoms with E-state index in [0.29, 0.717) is 27.3 Å². The molecule has 0 bridgehead atoms. The Kier molecular flexibility index (Phi) is 15.9. The molecule has 4 aromatic rings. The van der Waals surface area contributed by atoms with E-state index in [-0.39, 0.29) is 36.6 Å². The third-order valence-electron chi connectivity index (χ3n) is 9.78. The summed E-state index contributed by atoms with van der Waals surface area (Å²) >= 11 is 6.54. The second-order valence-corrected chi connectivity index (χ2v) is 17.6. The van der Waals surface area contributed by atoms with Crippen LogP contribution < -0.4 is 16.3 Å². The van der Waals surface area contributed by atoms with Gasteiger partial charge in [-0.1, -0.05) is 61.0 Å². The van der Waals surface area contributed by atoms with Gasteiger partial charge in [0.05, 0.1) is 12.1 Å². The first-order valence-electron chi connectivity index (χ1n) is 20.9. The minimum absolute atomic E-state index is 0.0237. The number of nitrogens with one attached hydrogen (secondary N) is 2. The van der Waals surface area contributed by atoms with Crippen LogP contribution >= 0.6 is 11.6 Å². The SMILES string of the molecule is CCC(C)N(CCNC(=O)CCC(=O)O[C@@H]1[C@@H](COC(=O)OC(C)(C)C)O[C@@H](n2ccc(NC(=O)OC(C)(C)C)nc2=O)C1(F)F)C(=O)c1cc2ccccc2c(-c2ccccc2Cl)n1. The summed E-state index contributed by atoms with van der Waals surface area (Å²) in [4.78, 5) is 87.6. The molecule has 1 saturated heterocycles. The molecule has 0 aliphatic carbocycles. The number of halogens is 3. The first kappa shape index (κ1) is 49.8. The van der Waals surface area contributed by atoms with Crippen LogP contribution in [0.4, 0.5) is 24.2 Å². The molecule has 4 atom stereocenters. The normalized spacial score (nSPS) is 17.4.